The van der Waals surface area contributed by atoms with E-state index in [1.807, 2.05) is 111 Å². The molecule has 470 valence electrons. The fourth-order valence-corrected chi connectivity index (χ4v) is 12.6. The highest BCUT2D eigenvalue weighted by molar-refractivity contribution is 7.13. The lowest BCUT2D eigenvalue weighted by atomic mass is 9.83. The van der Waals surface area contributed by atoms with E-state index < -0.39 is 24.0 Å². The zero-order chi connectivity index (χ0) is 62.7. The summed E-state index contributed by atoms with van der Waals surface area (Å²) in [6.07, 6.45) is 10.0. The number of aryl methyl sites for hydroxylation is 1. The number of unbranched alkanes of at least 4 members (excludes halogenated alkanes) is 6. The molecule has 1 unspecified atom stereocenters. The van der Waals surface area contributed by atoms with Crippen LogP contribution in [-0.2, 0) is 32.2 Å². The third-order valence-corrected chi connectivity index (χ3v) is 17.5. The highest BCUT2D eigenvalue weighted by atomic mass is 32.1. The second-order valence-electron chi connectivity index (χ2n) is 23.4. The highest BCUT2D eigenvalue weighted by Gasteiger charge is 2.48. The van der Waals surface area contributed by atoms with Crippen molar-refractivity contribution in [2.75, 3.05) is 77.9 Å². The van der Waals surface area contributed by atoms with Crippen molar-refractivity contribution in [1.29, 1.82) is 5.26 Å². The number of hydrogen-bond acceptors (Lipinski definition) is 17. The summed E-state index contributed by atoms with van der Waals surface area (Å²) in [5.41, 5.74) is 14.9. The lowest BCUT2D eigenvalue weighted by molar-refractivity contribution is -0.136. The quantitative estimate of drug-likeness (QED) is 0.0214. The lowest BCUT2D eigenvalue weighted by Gasteiger charge is -2.33. The number of thiazole rings is 1. The summed E-state index contributed by atoms with van der Waals surface area (Å²) in [5.74, 6) is 0.747. The van der Waals surface area contributed by atoms with E-state index in [1.165, 1.54) is 25.7 Å². The van der Waals surface area contributed by atoms with Crippen LogP contribution < -0.4 is 35.3 Å². The van der Waals surface area contributed by atoms with Crippen LogP contribution in [0.25, 0.3) is 21.3 Å². The molecule has 0 spiro atoms. The first-order valence-corrected chi connectivity index (χ1v) is 32.0. The molecule has 2 aliphatic rings. The van der Waals surface area contributed by atoms with Crippen LogP contribution >= 0.6 is 11.3 Å². The van der Waals surface area contributed by atoms with Gasteiger partial charge in [0.15, 0.2) is 17.3 Å². The third kappa shape index (κ3) is 17.6. The predicted molar refractivity (Wildman–Crippen MR) is 347 cm³/mol. The summed E-state index contributed by atoms with van der Waals surface area (Å²) < 4.78 is 36.0. The van der Waals surface area contributed by atoms with Gasteiger partial charge in [0, 0.05) is 78.4 Å². The van der Waals surface area contributed by atoms with Crippen LogP contribution in [-0.4, -0.2) is 122 Å². The average Bonchev–Trinajstić information content (AvgIpc) is 1.82. The maximum Gasteiger partial charge on any atom is 0.255 e. The zero-order valence-corrected chi connectivity index (χ0v) is 52.7. The summed E-state index contributed by atoms with van der Waals surface area (Å²) in [6, 6.07) is 33.3. The minimum Gasteiger partial charge on any atom is -0.493 e. The number of aromatic nitrogens is 2. The van der Waals surface area contributed by atoms with Crippen molar-refractivity contribution in [1.82, 2.24) is 25.1 Å². The molecule has 1 aliphatic heterocycles. The van der Waals surface area contributed by atoms with E-state index in [0.29, 0.717) is 96.3 Å². The number of carbonyl (C=O) groups excluding carboxylic acids is 3. The number of benzene rings is 5. The molecule has 5 N–H and O–H groups in total. The van der Waals surface area contributed by atoms with Gasteiger partial charge in [0.2, 0.25) is 5.91 Å². The van der Waals surface area contributed by atoms with Gasteiger partial charge < -0.3 is 59.7 Å². The Labute approximate surface area is 526 Å². The van der Waals surface area contributed by atoms with Crippen molar-refractivity contribution in [3.8, 4) is 45.3 Å². The van der Waals surface area contributed by atoms with E-state index >= 15 is 0 Å². The first-order chi connectivity index (χ1) is 43.3. The Kier molecular flexibility index (Phi) is 23.8. The number of pyridine rings is 1. The molecule has 2 aromatic heterocycles. The number of methoxy groups -OCH3 is 1. The van der Waals surface area contributed by atoms with Crippen molar-refractivity contribution < 1.29 is 47.9 Å². The van der Waals surface area contributed by atoms with E-state index in [9.17, 15) is 24.8 Å². The average molecular weight is 1230 g/mol. The number of anilines is 3. The van der Waals surface area contributed by atoms with Crippen molar-refractivity contribution in [3.63, 3.8) is 0 Å². The first kappa shape index (κ1) is 65.3. The Hall–Kier alpha value is -8.12. The maximum absolute atomic E-state index is 14.4. The number of carbonyl (C=O) groups is 3. The second-order valence-corrected chi connectivity index (χ2v) is 24.2. The molecule has 1 fully saturated rings. The van der Waals surface area contributed by atoms with Gasteiger partial charge in [0.1, 0.15) is 29.9 Å². The molecule has 3 heterocycles. The lowest BCUT2D eigenvalue weighted by Crippen LogP contribution is -2.49. The molecule has 89 heavy (non-hydrogen) atoms. The van der Waals surface area contributed by atoms with Gasteiger partial charge in [-0.3, -0.25) is 19.4 Å². The van der Waals surface area contributed by atoms with Crippen molar-refractivity contribution in [2.24, 2.45) is 17.8 Å². The molecule has 9 rings (SSSR count). The van der Waals surface area contributed by atoms with Gasteiger partial charge >= 0.3 is 0 Å². The van der Waals surface area contributed by atoms with Crippen molar-refractivity contribution in [3.05, 3.63) is 143 Å². The standard InChI is InChI=1S/C70H84N8O10S/c1-46(2)66(78-44-50-17-11-12-20-57(50)70(78)82)67(80)58-37-54(79)38-59(58)69(81)74-42-49-22-21-48(68-47(3)75-45-89-68)35-62(49)87-34-33-85-32-31-84-29-14-10-8-6-7-9-13-27-77(4)28-16-30-86-64-40-61-60(39-63(64)83-5)65(51(41-71)43-73-61)76-53-23-25-55(26-24-53)88-56-19-15-18-52(72)36-56/h11-12,15,17-26,35-36,39-40,43,45-46,54,58-59,66,79H,6-10,13-14,16,27-34,37-38,42,44,72H2,1-5H3,(H,73,76)(H,74,81)/t54-,58?,59+,66-/m0/s1. The highest BCUT2D eigenvalue weighted by Crippen LogP contribution is 2.40. The second kappa shape index (κ2) is 32.4. The number of ether oxygens (including phenoxy) is 6. The zero-order valence-electron chi connectivity index (χ0n) is 51.8. The molecule has 18 nitrogen and oxygen atoms in total. The van der Waals surface area contributed by atoms with Crippen molar-refractivity contribution >= 4 is 56.9 Å². The van der Waals surface area contributed by atoms with E-state index in [1.54, 1.807) is 47.7 Å². The number of aliphatic hydroxyl groups excluding tert-OH is 1. The van der Waals surface area contributed by atoms with Gasteiger partial charge in [0.05, 0.1) is 84.5 Å². The maximum atomic E-state index is 14.4. The number of Topliss-reactive ketones (excluding diaryl/α,β-unsaturated/α-hetero) is 1. The van der Waals surface area contributed by atoms with Crippen LogP contribution in [0.5, 0.6) is 28.7 Å². The number of fused-ring (bicyclic) bond motifs is 2. The van der Waals surface area contributed by atoms with Crippen molar-refractivity contribution in [2.45, 2.75) is 110 Å². The largest absolute Gasteiger partial charge is 0.493 e. The third-order valence-electron chi connectivity index (χ3n) is 16.5. The van der Waals surface area contributed by atoms with Crippen LogP contribution in [0.1, 0.15) is 111 Å². The molecule has 4 atom stereocenters. The molecule has 7 aromatic rings. The predicted octanol–water partition coefficient (Wildman–Crippen LogP) is 12.5. The molecule has 5 aromatic carbocycles. The fraction of sp³-hybridized carbons (Fsp3) is 0.429. The van der Waals surface area contributed by atoms with Gasteiger partial charge in [-0.15, -0.1) is 11.3 Å². The monoisotopic (exact) mass is 1230 g/mol. The Morgan fingerprint density at radius 3 is 2.27 bits per heavy atom. The van der Waals surface area contributed by atoms with E-state index in [-0.39, 0.29) is 49.5 Å². The molecule has 19 heteroatoms. The van der Waals surface area contributed by atoms with E-state index in [0.717, 1.165) is 77.1 Å². The first-order valence-electron chi connectivity index (χ1n) is 31.1. The summed E-state index contributed by atoms with van der Waals surface area (Å²) in [4.78, 5) is 55.9. The van der Waals surface area contributed by atoms with Gasteiger partial charge in [-0.05, 0) is 124 Å². The van der Waals surface area contributed by atoms with Crippen LogP contribution in [0, 0.1) is 36.0 Å². The van der Waals surface area contributed by atoms with Crippen LogP contribution in [0.3, 0.4) is 0 Å². The Bertz CT molecular complexity index is 3540. The van der Waals surface area contributed by atoms with E-state index in [2.05, 4.69) is 38.6 Å². The minimum absolute atomic E-state index is 0.158. The number of aliphatic hydroxyl groups is 1. The van der Waals surface area contributed by atoms with Crippen LogP contribution in [0.2, 0.25) is 0 Å². The topological polar surface area (TPSA) is 233 Å². The number of nitrogens with zero attached hydrogens (tertiary/aromatic N) is 5. The molecule has 2 amide bonds. The van der Waals surface area contributed by atoms with Gasteiger partial charge in [0.25, 0.3) is 5.91 Å². The number of nitrogens with two attached hydrogens (primary N) is 1. The summed E-state index contributed by atoms with van der Waals surface area (Å²) in [7, 11) is 3.77. The van der Waals surface area contributed by atoms with E-state index in [4.69, 9.17) is 34.2 Å². The molecule has 1 aliphatic carbocycles. The summed E-state index contributed by atoms with van der Waals surface area (Å²) in [6.45, 7) is 11.0. The molecule has 0 saturated heterocycles. The van der Waals surface area contributed by atoms with Gasteiger partial charge in [-0.1, -0.05) is 82.3 Å². The smallest absolute Gasteiger partial charge is 0.255 e. The van der Waals surface area contributed by atoms with Gasteiger partial charge in [-0.25, -0.2) is 4.98 Å². The number of nitriles is 1. The summed E-state index contributed by atoms with van der Waals surface area (Å²) >= 11 is 1.55. The normalized spacial score (nSPS) is 15.7. The summed E-state index contributed by atoms with van der Waals surface area (Å²) in [5, 5.41) is 28.0. The SMILES string of the molecule is COc1cc2c(Nc3ccc(Oc4cccc(N)c4)cc3)c(C#N)cnc2cc1OCCCN(C)CCCCCCCCCOCCOCCOc1cc(-c2scnc2C)ccc1CNC(=O)[C@@H]1C[C@@H](O)CC1C(=O)[C@H](C(C)C)N1Cc2ccccc2C1=O. The fourth-order valence-electron chi connectivity index (χ4n) is 11.8. The van der Waals surface area contributed by atoms with Gasteiger partial charge in [-0.2, -0.15) is 5.26 Å². The minimum atomic E-state index is -0.802. The number of nitrogens with one attached hydrogen (secondary N) is 2. The number of ketones is 1. The Morgan fingerprint density at radius 2 is 1.53 bits per heavy atom. The molecule has 1 saturated carbocycles. The Morgan fingerprint density at radius 1 is 0.798 bits per heavy atom. The Balaban J connectivity index is 0.621. The van der Waals surface area contributed by atoms with Crippen LogP contribution in [0.15, 0.2) is 115 Å². The number of nitrogen functional groups attached to an aromatic ring is 1. The van der Waals surface area contributed by atoms with Crippen LogP contribution in [0.4, 0.5) is 17.1 Å². The molecule has 0 radical (unpaired) electrons. The molecule has 0 bridgehead atoms. The molecular formula is C70H84N8O10S. The number of rotatable bonds is 35. The number of amides is 2. The molecular weight excluding hydrogens is 1140 g/mol. The number of hydrogen-bond donors (Lipinski definition) is 4.